The Morgan fingerprint density at radius 2 is 1.65 bits per heavy atom. The number of carbonyl (C=O) groups excluding carboxylic acids is 3. The molecular formula is C26H39ClN4O9. The summed E-state index contributed by atoms with van der Waals surface area (Å²) < 4.78 is 10.3. The van der Waals surface area contributed by atoms with Crippen LogP contribution >= 0.6 is 11.6 Å². The third-order valence-corrected chi connectivity index (χ3v) is 5.81. The summed E-state index contributed by atoms with van der Waals surface area (Å²) in [6.45, 7) is 5.06. The zero-order chi connectivity index (χ0) is 30.3. The largest absolute Gasteiger partial charge is 0.480 e. The lowest BCUT2D eigenvalue weighted by Crippen LogP contribution is -2.56. The van der Waals surface area contributed by atoms with Gasteiger partial charge >= 0.3 is 30.2 Å². The van der Waals surface area contributed by atoms with E-state index in [1.165, 1.54) is 0 Å². The summed E-state index contributed by atoms with van der Waals surface area (Å²) in [6, 6.07) is 2.67. The van der Waals surface area contributed by atoms with Gasteiger partial charge in [-0.3, -0.25) is 0 Å². The van der Waals surface area contributed by atoms with E-state index >= 15 is 0 Å². The number of amides is 4. The van der Waals surface area contributed by atoms with Gasteiger partial charge in [0.2, 0.25) is 0 Å². The van der Waals surface area contributed by atoms with Gasteiger partial charge in [0.15, 0.2) is 0 Å². The van der Waals surface area contributed by atoms with Gasteiger partial charge in [0, 0.05) is 17.1 Å². The van der Waals surface area contributed by atoms with Gasteiger partial charge in [-0.15, -0.1) is 0 Å². The van der Waals surface area contributed by atoms with Crippen LogP contribution in [-0.4, -0.2) is 76.0 Å². The number of carboxylic acids is 2. The van der Waals surface area contributed by atoms with Gasteiger partial charge in [-0.1, -0.05) is 29.8 Å². The number of rotatable bonds is 15. The molecule has 224 valence electrons. The molecule has 14 heteroatoms. The number of urea groups is 1. The molecule has 6 N–H and O–H groups in total. The average molecular weight is 587 g/mol. The number of aliphatic carboxylic acids is 2. The van der Waals surface area contributed by atoms with Crippen LogP contribution in [0.5, 0.6) is 0 Å². The number of halogens is 1. The molecule has 0 heterocycles. The molecule has 1 rings (SSSR count). The van der Waals surface area contributed by atoms with Crippen molar-refractivity contribution in [1.29, 1.82) is 0 Å². The van der Waals surface area contributed by atoms with E-state index < -0.39 is 47.8 Å². The highest BCUT2D eigenvalue weighted by atomic mass is 35.5. The number of alkyl carbamates (subject to hydrolysis) is 1. The van der Waals surface area contributed by atoms with Crippen molar-refractivity contribution in [3.63, 3.8) is 0 Å². The number of imide groups is 1. The van der Waals surface area contributed by atoms with Gasteiger partial charge in [0.05, 0.1) is 0 Å². The zero-order valence-electron chi connectivity index (χ0n) is 23.0. The first kappa shape index (κ1) is 34.4. The standard InChI is InChI=1S/C26H39ClN4O9/c1-26(2,3)40-25(38)31(23(36)30-19(21(32)33)12-6-8-14-28)20(22(34)35)13-7-9-15-29-24(37)39-16-17-10-4-5-11-18(17)27/h4-5,10-11,19-20H,6-9,12-16,28H2,1-3H3,(H,29,37)(H,30,36)(H,32,33)(H,34,35)/t19-,20-/m1/s1. The first-order chi connectivity index (χ1) is 18.8. The van der Waals surface area contributed by atoms with Gasteiger partial charge in [-0.25, -0.2) is 28.9 Å². The van der Waals surface area contributed by atoms with Crippen LogP contribution < -0.4 is 16.4 Å². The third kappa shape index (κ3) is 13.0. The Hall–Kier alpha value is -3.58. The maximum absolute atomic E-state index is 13.0. The van der Waals surface area contributed by atoms with Crippen molar-refractivity contribution in [3.05, 3.63) is 34.9 Å². The number of nitrogens with two attached hydrogens (primary N) is 1. The molecule has 0 aliphatic heterocycles. The first-order valence-corrected chi connectivity index (χ1v) is 13.3. The molecule has 0 aromatic heterocycles. The normalized spacial score (nSPS) is 12.5. The minimum absolute atomic E-state index is 0.0316. The highest BCUT2D eigenvalue weighted by Gasteiger charge is 2.39. The number of benzene rings is 1. The Morgan fingerprint density at radius 3 is 2.23 bits per heavy atom. The summed E-state index contributed by atoms with van der Waals surface area (Å²) in [7, 11) is 0. The van der Waals surface area contributed by atoms with E-state index in [1.54, 1.807) is 45.0 Å². The molecule has 13 nitrogen and oxygen atoms in total. The summed E-state index contributed by atoms with van der Waals surface area (Å²) in [5, 5.41) is 24.5. The molecule has 0 aliphatic rings. The van der Waals surface area contributed by atoms with Crippen LogP contribution in [0.1, 0.15) is 64.9 Å². The van der Waals surface area contributed by atoms with E-state index in [9.17, 15) is 34.2 Å². The third-order valence-electron chi connectivity index (χ3n) is 5.44. The van der Waals surface area contributed by atoms with Crippen LogP contribution in [0.25, 0.3) is 0 Å². The summed E-state index contributed by atoms with van der Waals surface area (Å²) in [4.78, 5) is 62.0. The van der Waals surface area contributed by atoms with E-state index in [1.807, 2.05) is 0 Å². The monoisotopic (exact) mass is 586 g/mol. The van der Waals surface area contributed by atoms with Crippen LogP contribution in [0.15, 0.2) is 24.3 Å². The van der Waals surface area contributed by atoms with Crippen molar-refractivity contribution in [3.8, 4) is 0 Å². The van der Waals surface area contributed by atoms with E-state index in [4.69, 9.17) is 26.8 Å². The maximum atomic E-state index is 13.0. The van der Waals surface area contributed by atoms with E-state index in [-0.39, 0.29) is 32.4 Å². The smallest absolute Gasteiger partial charge is 0.419 e. The van der Waals surface area contributed by atoms with Crippen molar-refractivity contribution in [2.24, 2.45) is 5.73 Å². The number of carbonyl (C=O) groups is 5. The lowest BCUT2D eigenvalue weighted by atomic mass is 10.1. The fourth-order valence-electron chi connectivity index (χ4n) is 3.46. The number of hydrogen-bond donors (Lipinski definition) is 5. The molecule has 40 heavy (non-hydrogen) atoms. The van der Waals surface area contributed by atoms with Crippen LogP contribution in [0.2, 0.25) is 5.02 Å². The number of unbranched alkanes of at least 4 members (excludes halogenated alkanes) is 2. The van der Waals surface area contributed by atoms with Crippen LogP contribution in [0, 0.1) is 0 Å². The molecule has 0 saturated carbocycles. The number of hydrogen-bond acceptors (Lipinski definition) is 8. The van der Waals surface area contributed by atoms with Gasteiger partial charge in [-0.2, -0.15) is 0 Å². The quantitative estimate of drug-likeness (QED) is 0.189. The summed E-state index contributed by atoms with van der Waals surface area (Å²) >= 11 is 6.03. The highest BCUT2D eigenvalue weighted by molar-refractivity contribution is 6.31. The fourth-order valence-corrected chi connectivity index (χ4v) is 3.65. The zero-order valence-corrected chi connectivity index (χ0v) is 23.7. The van der Waals surface area contributed by atoms with Gasteiger partial charge in [-0.05, 0) is 71.9 Å². The second-order valence-electron chi connectivity index (χ2n) is 9.92. The summed E-state index contributed by atoms with van der Waals surface area (Å²) in [5.74, 6) is -2.82. The van der Waals surface area contributed by atoms with Crippen molar-refractivity contribution >= 4 is 41.8 Å². The predicted molar refractivity (Wildman–Crippen MR) is 146 cm³/mol. The Bertz CT molecular complexity index is 1020. The first-order valence-electron chi connectivity index (χ1n) is 12.9. The summed E-state index contributed by atoms with van der Waals surface area (Å²) in [6.07, 6.45) is -0.660. The number of carboxylic acid groups (broad SMARTS) is 2. The molecule has 0 spiro atoms. The van der Waals surface area contributed by atoms with Crippen LogP contribution in [0.4, 0.5) is 14.4 Å². The van der Waals surface area contributed by atoms with Crippen molar-refractivity contribution in [1.82, 2.24) is 15.5 Å². The van der Waals surface area contributed by atoms with Gasteiger partial charge in [0.25, 0.3) is 0 Å². The van der Waals surface area contributed by atoms with Crippen molar-refractivity contribution in [2.45, 2.75) is 83.6 Å². The number of nitrogens with zero attached hydrogens (tertiary/aromatic N) is 1. The second kappa shape index (κ2) is 17.2. The van der Waals surface area contributed by atoms with E-state index in [0.29, 0.717) is 41.3 Å². The minimum atomic E-state index is -1.65. The fraction of sp³-hybridized carbons (Fsp3) is 0.577. The molecule has 0 aliphatic carbocycles. The maximum Gasteiger partial charge on any atom is 0.419 e. The Labute approximate surface area is 238 Å². The SMILES string of the molecule is CC(C)(C)OC(=O)N(C(=O)N[C@H](CCCCN)C(=O)O)[C@H](CCCCNC(=O)OCc1ccccc1Cl)C(=O)O. The molecule has 0 fully saturated rings. The highest BCUT2D eigenvalue weighted by Crippen LogP contribution is 2.18. The molecule has 2 atom stereocenters. The molecule has 0 saturated heterocycles. The van der Waals surface area contributed by atoms with Crippen molar-refractivity contribution < 1.29 is 43.7 Å². The Kier molecular flexibility index (Phi) is 14.8. The molecule has 1 aromatic rings. The molecule has 0 unspecified atom stereocenters. The molecular weight excluding hydrogens is 548 g/mol. The molecule has 0 radical (unpaired) electrons. The Balaban J connectivity index is 2.81. The molecule has 0 bridgehead atoms. The lowest BCUT2D eigenvalue weighted by Gasteiger charge is -2.31. The summed E-state index contributed by atoms with van der Waals surface area (Å²) in [5.41, 5.74) is 5.01. The molecule has 4 amide bonds. The van der Waals surface area contributed by atoms with Crippen molar-refractivity contribution in [2.75, 3.05) is 13.1 Å². The van der Waals surface area contributed by atoms with E-state index in [2.05, 4.69) is 10.6 Å². The lowest BCUT2D eigenvalue weighted by molar-refractivity contribution is -0.142. The molecule has 1 aromatic carbocycles. The topological polar surface area (TPSA) is 198 Å². The second-order valence-corrected chi connectivity index (χ2v) is 10.3. The van der Waals surface area contributed by atoms with Gasteiger partial charge in [0.1, 0.15) is 24.3 Å². The number of nitrogens with one attached hydrogen (secondary N) is 2. The van der Waals surface area contributed by atoms with E-state index in [0.717, 1.165) is 0 Å². The van der Waals surface area contributed by atoms with Gasteiger partial charge < -0.3 is 36.1 Å². The number of ether oxygens (including phenoxy) is 2. The predicted octanol–water partition coefficient (Wildman–Crippen LogP) is 3.72. The Morgan fingerprint density at radius 1 is 1.00 bits per heavy atom. The minimum Gasteiger partial charge on any atom is -0.480 e. The van der Waals surface area contributed by atoms with Crippen LogP contribution in [-0.2, 0) is 25.7 Å². The van der Waals surface area contributed by atoms with Crippen LogP contribution in [0.3, 0.4) is 0 Å². The average Bonchev–Trinajstić information content (AvgIpc) is 2.85.